The molecule has 19 heavy (non-hydrogen) atoms. The quantitative estimate of drug-likeness (QED) is 0.862. The number of hydrogen-bond acceptors (Lipinski definition) is 4. The van der Waals surface area contributed by atoms with Crippen LogP contribution in [0.4, 0.5) is 5.69 Å². The lowest BCUT2D eigenvalue weighted by Gasteiger charge is -2.12. The predicted octanol–water partition coefficient (Wildman–Crippen LogP) is 1.05. The largest absolute Gasteiger partial charge is 0.419 e. The lowest BCUT2D eigenvalue weighted by molar-refractivity contribution is -0.119. The van der Waals surface area contributed by atoms with Crippen LogP contribution in [0.1, 0.15) is 13.3 Å². The topological polar surface area (TPSA) is 90.3 Å². The van der Waals surface area contributed by atoms with Gasteiger partial charge in [0.2, 0.25) is 5.91 Å². The van der Waals surface area contributed by atoms with Gasteiger partial charge in [-0.3, -0.25) is 9.36 Å². The Hall–Kier alpha value is -2.08. The van der Waals surface area contributed by atoms with Gasteiger partial charge in [0.1, 0.15) is 0 Å². The van der Waals surface area contributed by atoms with Gasteiger partial charge in [0.05, 0.1) is 11.4 Å². The minimum atomic E-state index is -0.424. The number of nitrogens with zero attached hydrogens (tertiary/aromatic N) is 1. The number of amides is 1. The second kappa shape index (κ2) is 5.27. The zero-order valence-corrected chi connectivity index (χ0v) is 11.0. The van der Waals surface area contributed by atoms with Crippen LogP contribution in [0.5, 0.6) is 0 Å². The molecular weight excluding hydrogens is 246 g/mol. The lowest BCUT2D eigenvalue weighted by Crippen LogP contribution is -2.28. The molecule has 6 nitrogen and oxygen atoms in total. The number of nitrogens with two attached hydrogens (primary N) is 1. The van der Waals surface area contributed by atoms with E-state index in [0.717, 1.165) is 0 Å². The molecule has 0 saturated carbocycles. The summed E-state index contributed by atoms with van der Waals surface area (Å²) in [4.78, 5) is 23.3. The van der Waals surface area contributed by atoms with Crippen LogP contribution in [0, 0.1) is 5.92 Å². The first-order valence-electron chi connectivity index (χ1n) is 6.17. The molecule has 0 fully saturated rings. The molecular formula is C13H17N3O3. The van der Waals surface area contributed by atoms with Gasteiger partial charge in [0, 0.05) is 19.3 Å². The average Bonchev–Trinajstić information content (AvgIpc) is 2.67. The van der Waals surface area contributed by atoms with Crippen LogP contribution >= 0.6 is 0 Å². The molecule has 1 unspecified atom stereocenters. The molecule has 1 aromatic heterocycles. The van der Waals surface area contributed by atoms with E-state index in [2.05, 4.69) is 5.32 Å². The van der Waals surface area contributed by atoms with E-state index in [1.165, 1.54) is 4.57 Å². The van der Waals surface area contributed by atoms with Crippen molar-refractivity contribution in [1.29, 1.82) is 0 Å². The molecule has 0 radical (unpaired) electrons. The van der Waals surface area contributed by atoms with E-state index >= 15 is 0 Å². The van der Waals surface area contributed by atoms with Crippen molar-refractivity contribution < 1.29 is 9.21 Å². The highest BCUT2D eigenvalue weighted by atomic mass is 16.4. The Bertz CT molecular complexity index is 653. The molecule has 102 valence electrons. The third-order valence-electron chi connectivity index (χ3n) is 3.21. The van der Waals surface area contributed by atoms with E-state index in [1.54, 1.807) is 25.2 Å². The molecule has 6 heteroatoms. The number of oxazole rings is 1. The second-order valence-electron chi connectivity index (χ2n) is 4.44. The maximum atomic E-state index is 11.9. The van der Waals surface area contributed by atoms with E-state index in [4.69, 9.17) is 10.2 Å². The number of rotatable bonds is 4. The van der Waals surface area contributed by atoms with Crippen molar-refractivity contribution in [1.82, 2.24) is 4.57 Å². The Balaban J connectivity index is 2.29. The maximum absolute atomic E-state index is 11.9. The van der Waals surface area contributed by atoms with Crippen LogP contribution in [0.2, 0.25) is 0 Å². The Morgan fingerprint density at radius 1 is 1.53 bits per heavy atom. The number of nitrogens with one attached hydrogen (secondary N) is 1. The summed E-state index contributed by atoms with van der Waals surface area (Å²) in [6.07, 6.45) is 0.689. The summed E-state index contributed by atoms with van der Waals surface area (Å²) in [6, 6.07) is 5.07. The van der Waals surface area contributed by atoms with E-state index < -0.39 is 5.76 Å². The van der Waals surface area contributed by atoms with Gasteiger partial charge in [-0.15, -0.1) is 0 Å². The van der Waals surface area contributed by atoms with Gasteiger partial charge in [0.15, 0.2) is 5.58 Å². The minimum absolute atomic E-state index is 0.113. The molecule has 2 aromatic rings. The van der Waals surface area contributed by atoms with Gasteiger partial charge in [-0.1, -0.05) is 6.92 Å². The fraction of sp³-hybridized carbons (Fsp3) is 0.385. The van der Waals surface area contributed by atoms with Crippen LogP contribution in [0.25, 0.3) is 11.1 Å². The molecule has 1 amide bonds. The van der Waals surface area contributed by atoms with Gasteiger partial charge in [-0.05, 0) is 24.6 Å². The van der Waals surface area contributed by atoms with Gasteiger partial charge in [-0.25, -0.2) is 4.79 Å². The smallest absolute Gasteiger partial charge is 0.408 e. The Morgan fingerprint density at radius 2 is 2.26 bits per heavy atom. The predicted molar refractivity (Wildman–Crippen MR) is 72.9 cm³/mol. The molecule has 3 N–H and O–H groups in total. The monoisotopic (exact) mass is 263 g/mol. The van der Waals surface area contributed by atoms with Crippen LogP contribution in [0.3, 0.4) is 0 Å². The zero-order chi connectivity index (χ0) is 14.0. The molecule has 0 spiro atoms. The SMILES string of the molecule is CCC(CN)C(=O)Nc1ccc2oc(=O)n(C)c2c1. The summed E-state index contributed by atoms with van der Waals surface area (Å²) in [7, 11) is 1.62. The highest BCUT2D eigenvalue weighted by Gasteiger charge is 2.15. The third-order valence-corrected chi connectivity index (χ3v) is 3.21. The summed E-state index contributed by atoms with van der Waals surface area (Å²) < 4.78 is 6.42. The van der Waals surface area contributed by atoms with Crippen LogP contribution in [-0.2, 0) is 11.8 Å². The number of carbonyl (C=O) groups excluding carboxylic acids is 1. The van der Waals surface area contributed by atoms with E-state index in [1.807, 2.05) is 6.92 Å². The van der Waals surface area contributed by atoms with Crippen LogP contribution in [0.15, 0.2) is 27.4 Å². The Kier molecular flexibility index (Phi) is 3.71. The molecule has 0 aliphatic carbocycles. The summed E-state index contributed by atoms with van der Waals surface area (Å²) in [5.41, 5.74) is 7.30. The first-order valence-corrected chi connectivity index (χ1v) is 6.17. The van der Waals surface area contributed by atoms with Crippen molar-refractivity contribution in [3.8, 4) is 0 Å². The minimum Gasteiger partial charge on any atom is -0.408 e. The number of carbonyl (C=O) groups is 1. The number of benzene rings is 1. The highest BCUT2D eigenvalue weighted by molar-refractivity contribution is 5.94. The van der Waals surface area contributed by atoms with Crippen molar-refractivity contribution >= 4 is 22.7 Å². The molecule has 0 bridgehead atoms. The van der Waals surface area contributed by atoms with Crippen LogP contribution in [-0.4, -0.2) is 17.0 Å². The van der Waals surface area contributed by atoms with E-state index in [9.17, 15) is 9.59 Å². The Morgan fingerprint density at radius 3 is 2.89 bits per heavy atom. The van der Waals surface area contributed by atoms with E-state index in [0.29, 0.717) is 29.8 Å². The molecule has 1 heterocycles. The van der Waals surface area contributed by atoms with Crippen molar-refractivity contribution in [3.05, 3.63) is 28.7 Å². The number of fused-ring (bicyclic) bond motifs is 1. The summed E-state index contributed by atoms with van der Waals surface area (Å²) in [5, 5.41) is 2.80. The van der Waals surface area contributed by atoms with Crippen molar-refractivity contribution in [2.75, 3.05) is 11.9 Å². The summed E-state index contributed by atoms with van der Waals surface area (Å²) in [5.74, 6) is -0.742. The number of aromatic nitrogens is 1. The lowest BCUT2D eigenvalue weighted by atomic mass is 10.1. The highest BCUT2D eigenvalue weighted by Crippen LogP contribution is 2.18. The maximum Gasteiger partial charge on any atom is 0.419 e. The number of hydrogen-bond donors (Lipinski definition) is 2. The molecule has 0 aliphatic heterocycles. The zero-order valence-electron chi connectivity index (χ0n) is 11.0. The van der Waals surface area contributed by atoms with Crippen molar-refractivity contribution in [3.63, 3.8) is 0 Å². The third kappa shape index (κ3) is 2.53. The van der Waals surface area contributed by atoms with Crippen molar-refractivity contribution in [2.45, 2.75) is 13.3 Å². The Labute approximate surface area is 110 Å². The molecule has 2 rings (SSSR count). The fourth-order valence-corrected chi connectivity index (χ4v) is 1.91. The normalized spacial score (nSPS) is 12.6. The number of aryl methyl sites for hydroxylation is 1. The van der Waals surface area contributed by atoms with E-state index in [-0.39, 0.29) is 11.8 Å². The second-order valence-corrected chi connectivity index (χ2v) is 4.44. The van der Waals surface area contributed by atoms with Gasteiger partial charge < -0.3 is 15.5 Å². The first kappa shape index (κ1) is 13.4. The van der Waals surface area contributed by atoms with Gasteiger partial charge in [-0.2, -0.15) is 0 Å². The molecule has 1 aromatic carbocycles. The first-order chi connectivity index (χ1) is 9.06. The van der Waals surface area contributed by atoms with Gasteiger partial charge in [0.25, 0.3) is 0 Å². The standard InChI is InChI=1S/C13H17N3O3/c1-3-8(7-14)12(17)15-9-4-5-11-10(6-9)16(2)13(18)19-11/h4-6,8H,3,7,14H2,1-2H3,(H,15,17). The summed E-state index contributed by atoms with van der Waals surface area (Å²) in [6.45, 7) is 2.23. The van der Waals surface area contributed by atoms with Gasteiger partial charge >= 0.3 is 5.76 Å². The van der Waals surface area contributed by atoms with Crippen LogP contribution < -0.4 is 16.8 Å². The summed E-state index contributed by atoms with van der Waals surface area (Å²) >= 11 is 0. The van der Waals surface area contributed by atoms with Crippen molar-refractivity contribution in [2.24, 2.45) is 18.7 Å². The molecule has 0 saturated heterocycles. The average molecular weight is 263 g/mol. The molecule has 1 atom stereocenters. The molecule has 0 aliphatic rings. The fourth-order valence-electron chi connectivity index (χ4n) is 1.91. The number of anilines is 1.